The molecule has 8 heteroatoms. The van der Waals surface area contributed by atoms with Gasteiger partial charge in [-0.25, -0.2) is 8.42 Å². The molecule has 1 aliphatic heterocycles. The summed E-state index contributed by atoms with van der Waals surface area (Å²) in [5.41, 5.74) is 2.42. The van der Waals surface area contributed by atoms with Crippen molar-refractivity contribution in [1.29, 1.82) is 0 Å². The van der Waals surface area contributed by atoms with Crippen molar-refractivity contribution < 1.29 is 22.2 Å². The summed E-state index contributed by atoms with van der Waals surface area (Å²) in [4.78, 5) is 12.4. The zero-order valence-corrected chi connectivity index (χ0v) is 19.9. The molecule has 1 saturated heterocycles. The number of rotatable bonds is 7. The number of carbonyl (C=O) groups is 1. The van der Waals surface area contributed by atoms with Crippen molar-refractivity contribution in [2.24, 2.45) is 0 Å². The smallest absolute Gasteiger partial charge is 0.227 e. The van der Waals surface area contributed by atoms with E-state index in [1.807, 2.05) is 6.92 Å². The maximum Gasteiger partial charge on any atom is 0.227 e. The van der Waals surface area contributed by atoms with E-state index in [0.717, 1.165) is 29.6 Å². The monoisotopic (exact) mass is 444 g/mol. The maximum atomic E-state index is 12.4. The number of hydrogen-bond donors (Lipinski definition) is 1. The minimum atomic E-state index is -3.92. The number of quaternary nitrogens is 1. The fourth-order valence-corrected chi connectivity index (χ4v) is 4.52. The minimum Gasteiger partial charge on any atom is -0.748 e. The number of nitrogens with one attached hydrogen (secondary N) is 1. The Morgan fingerprint density at radius 3 is 2.31 bits per heavy atom. The highest BCUT2D eigenvalue weighted by molar-refractivity contribution is 7.99. The number of carbonyl (C=O) groups excluding carboxylic acids is 1. The van der Waals surface area contributed by atoms with Crippen molar-refractivity contribution >= 4 is 27.8 Å². The molecule has 0 radical (unpaired) electrons. The van der Waals surface area contributed by atoms with E-state index in [1.165, 1.54) is 30.2 Å². The van der Waals surface area contributed by atoms with Gasteiger partial charge in [-0.15, -0.1) is 0 Å². The van der Waals surface area contributed by atoms with Crippen molar-refractivity contribution in [2.75, 3.05) is 51.0 Å². The van der Waals surface area contributed by atoms with Crippen molar-refractivity contribution in [3.63, 3.8) is 0 Å². The summed E-state index contributed by atoms with van der Waals surface area (Å²) < 4.78 is 28.4. The molecule has 1 amide bonds. The quantitative estimate of drug-likeness (QED) is 0.397. The number of benzene rings is 1. The first-order valence-corrected chi connectivity index (χ1v) is 13.1. The van der Waals surface area contributed by atoms with Gasteiger partial charge in [0, 0.05) is 30.7 Å². The van der Waals surface area contributed by atoms with Crippen LogP contribution >= 0.6 is 11.8 Å². The van der Waals surface area contributed by atoms with Gasteiger partial charge in [0.2, 0.25) is 5.91 Å². The molecule has 1 unspecified atom stereocenters. The van der Waals surface area contributed by atoms with Gasteiger partial charge in [-0.1, -0.05) is 38.1 Å². The molecule has 0 saturated carbocycles. The zero-order chi connectivity index (χ0) is 22.1. The highest BCUT2D eigenvalue weighted by Gasteiger charge is 2.24. The van der Waals surface area contributed by atoms with Gasteiger partial charge in [0.05, 0.1) is 42.7 Å². The van der Waals surface area contributed by atoms with Crippen LogP contribution in [0.2, 0.25) is 0 Å². The number of thioether (sulfide) groups is 1. The third kappa shape index (κ3) is 11.0. The molecule has 0 bridgehead atoms. The van der Waals surface area contributed by atoms with Gasteiger partial charge in [0.1, 0.15) is 0 Å². The van der Waals surface area contributed by atoms with Crippen molar-refractivity contribution in [3.8, 4) is 0 Å². The molecule has 29 heavy (non-hydrogen) atoms. The van der Waals surface area contributed by atoms with Crippen LogP contribution in [0.1, 0.15) is 50.2 Å². The van der Waals surface area contributed by atoms with E-state index in [-0.39, 0.29) is 11.8 Å². The third-order valence-electron chi connectivity index (χ3n) is 5.20. The first-order chi connectivity index (χ1) is 13.4. The van der Waals surface area contributed by atoms with E-state index in [1.54, 1.807) is 0 Å². The second-order valence-electron chi connectivity index (χ2n) is 8.30. The van der Waals surface area contributed by atoms with E-state index in [0.29, 0.717) is 12.2 Å². The van der Waals surface area contributed by atoms with Crippen LogP contribution in [-0.2, 0) is 14.9 Å². The molecule has 1 atom stereocenters. The van der Waals surface area contributed by atoms with Gasteiger partial charge in [-0.2, -0.15) is 11.8 Å². The van der Waals surface area contributed by atoms with Crippen LogP contribution in [0.25, 0.3) is 0 Å². The van der Waals surface area contributed by atoms with Gasteiger partial charge in [-0.3, -0.25) is 4.79 Å². The molecule has 1 heterocycles. The highest BCUT2D eigenvalue weighted by Crippen LogP contribution is 2.21. The van der Waals surface area contributed by atoms with Crippen LogP contribution in [0.4, 0.5) is 0 Å². The number of hydrogen-bond acceptors (Lipinski definition) is 5. The predicted molar refractivity (Wildman–Crippen MR) is 120 cm³/mol. The summed E-state index contributed by atoms with van der Waals surface area (Å²) in [6.45, 7) is 10.9. The molecule has 0 aliphatic carbocycles. The molecule has 1 aliphatic rings. The van der Waals surface area contributed by atoms with Gasteiger partial charge >= 0.3 is 0 Å². The van der Waals surface area contributed by atoms with Crippen molar-refractivity contribution in [2.45, 2.75) is 39.0 Å². The molecule has 166 valence electrons. The standard InChI is InChI=1S/C20H32N2OS.CH4O3S/c1-16(2)18-7-5-8-19(15-18)17(3)20(23)21-9-6-10-22(4)11-13-24-14-12-22;1-5(2,3)4/h5,7-8,15-17H,6,9-14H2,1-4H3;1H3,(H,2,3,4). The Hall–Kier alpha value is -1.09. The fourth-order valence-electron chi connectivity index (χ4n) is 3.17. The lowest BCUT2D eigenvalue weighted by Gasteiger charge is -2.37. The highest BCUT2D eigenvalue weighted by atomic mass is 32.2. The zero-order valence-electron chi connectivity index (χ0n) is 18.3. The van der Waals surface area contributed by atoms with E-state index in [2.05, 4.69) is 62.2 Å². The molecule has 0 aromatic heterocycles. The topological polar surface area (TPSA) is 86.3 Å². The maximum absolute atomic E-state index is 12.4. The molecule has 1 aromatic rings. The molecular weight excluding hydrogens is 408 g/mol. The molecule has 1 N–H and O–H groups in total. The molecule has 2 rings (SSSR count). The molecule has 0 spiro atoms. The summed E-state index contributed by atoms with van der Waals surface area (Å²) >= 11 is 2.06. The van der Waals surface area contributed by atoms with Gasteiger partial charge < -0.3 is 14.4 Å². The Kier molecular flexibility index (Phi) is 10.7. The van der Waals surface area contributed by atoms with Gasteiger partial charge in [0.25, 0.3) is 0 Å². The van der Waals surface area contributed by atoms with Crippen LogP contribution in [0, 0.1) is 0 Å². The Morgan fingerprint density at radius 2 is 1.76 bits per heavy atom. The molecule has 1 aromatic carbocycles. The summed E-state index contributed by atoms with van der Waals surface area (Å²) in [6.07, 6.45) is 1.67. The summed E-state index contributed by atoms with van der Waals surface area (Å²) in [5, 5.41) is 3.13. The Labute approximate surface area is 180 Å². The Morgan fingerprint density at radius 1 is 1.21 bits per heavy atom. The molecular formula is C21H36N2O4S2. The Balaban J connectivity index is 0.000000749. The lowest BCUT2D eigenvalue weighted by atomic mass is 9.94. The summed E-state index contributed by atoms with van der Waals surface area (Å²) in [7, 11) is -1.57. The second-order valence-corrected chi connectivity index (χ2v) is 10.9. The average molecular weight is 445 g/mol. The molecule has 1 fully saturated rings. The molecule has 6 nitrogen and oxygen atoms in total. The van der Waals surface area contributed by atoms with Crippen LogP contribution in [-0.4, -0.2) is 74.3 Å². The Bertz CT molecular complexity index is 737. The lowest BCUT2D eigenvalue weighted by Crippen LogP contribution is -2.51. The SMILES string of the molecule is CC(C)c1cccc(C(C)C(=O)NCCC[N+]2(C)CCSCC2)c1.CS(=O)(=O)[O-]. The predicted octanol–water partition coefficient (Wildman–Crippen LogP) is 2.77. The van der Waals surface area contributed by atoms with E-state index in [4.69, 9.17) is 13.0 Å². The fraction of sp³-hybridized carbons (Fsp3) is 0.667. The van der Waals surface area contributed by atoms with Gasteiger partial charge in [0.15, 0.2) is 0 Å². The summed E-state index contributed by atoms with van der Waals surface area (Å²) in [5.74, 6) is 3.10. The number of amides is 1. The van der Waals surface area contributed by atoms with Gasteiger partial charge in [-0.05, 0) is 24.0 Å². The second kappa shape index (κ2) is 11.9. The van der Waals surface area contributed by atoms with Crippen molar-refractivity contribution in [3.05, 3.63) is 35.4 Å². The summed E-state index contributed by atoms with van der Waals surface area (Å²) in [6, 6.07) is 8.44. The number of nitrogens with zero attached hydrogens (tertiary/aromatic N) is 1. The van der Waals surface area contributed by atoms with E-state index >= 15 is 0 Å². The third-order valence-corrected chi connectivity index (χ3v) is 6.14. The van der Waals surface area contributed by atoms with E-state index in [9.17, 15) is 4.79 Å². The van der Waals surface area contributed by atoms with Crippen molar-refractivity contribution in [1.82, 2.24) is 5.32 Å². The normalized spacial score (nSPS) is 17.2. The average Bonchev–Trinajstić information content (AvgIpc) is 2.64. The first kappa shape index (κ1) is 25.9. The van der Waals surface area contributed by atoms with Crippen LogP contribution in [0.5, 0.6) is 0 Å². The van der Waals surface area contributed by atoms with Crippen LogP contribution in [0.15, 0.2) is 24.3 Å². The largest absolute Gasteiger partial charge is 0.748 e. The first-order valence-electron chi connectivity index (χ1n) is 10.1. The minimum absolute atomic E-state index is 0.0835. The van der Waals surface area contributed by atoms with Crippen LogP contribution < -0.4 is 5.32 Å². The lowest BCUT2D eigenvalue weighted by molar-refractivity contribution is -0.906. The van der Waals surface area contributed by atoms with Crippen LogP contribution in [0.3, 0.4) is 0 Å². The van der Waals surface area contributed by atoms with E-state index < -0.39 is 10.1 Å².